The molecular weight excluding hydrogens is 259 g/mol. The Kier molecular flexibility index (Phi) is 4.77. The van der Waals surface area contributed by atoms with E-state index < -0.39 is 17.6 Å². The fourth-order valence-electron chi connectivity index (χ4n) is 1.74. The van der Waals surface area contributed by atoms with Crippen LogP contribution in [0.5, 0.6) is 0 Å². The van der Waals surface area contributed by atoms with Gasteiger partial charge >= 0.3 is 6.18 Å². The van der Waals surface area contributed by atoms with Crippen molar-refractivity contribution in [1.82, 2.24) is 4.90 Å². The van der Waals surface area contributed by atoms with E-state index >= 15 is 0 Å². The maximum Gasteiger partial charge on any atom is 0.416 e. The molecule has 0 saturated carbocycles. The highest BCUT2D eigenvalue weighted by atomic mass is 19.4. The van der Waals surface area contributed by atoms with Gasteiger partial charge in [-0.25, -0.2) is 0 Å². The van der Waals surface area contributed by atoms with Crippen molar-refractivity contribution in [3.8, 4) is 0 Å². The lowest BCUT2D eigenvalue weighted by atomic mass is 10.1. The van der Waals surface area contributed by atoms with Gasteiger partial charge in [0.1, 0.15) is 0 Å². The molecule has 0 radical (unpaired) electrons. The molecule has 4 nitrogen and oxygen atoms in total. The molecule has 0 aliphatic heterocycles. The zero-order valence-electron chi connectivity index (χ0n) is 10.5. The molecule has 0 aromatic heterocycles. The topological polar surface area (TPSA) is 72.3 Å². The summed E-state index contributed by atoms with van der Waals surface area (Å²) in [6.07, 6.45) is -4.48. The Labute approximate surface area is 109 Å². The molecular formula is C12H16F3N3O. The van der Waals surface area contributed by atoms with Crippen LogP contribution in [0.25, 0.3) is 0 Å². The smallest absolute Gasteiger partial charge is 0.399 e. The average Bonchev–Trinajstić information content (AvgIpc) is 2.28. The predicted molar refractivity (Wildman–Crippen MR) is 66.0 cm³/mol. The lowest BCUT2D eigenvalue weighted by molar-refractivity contribution is -0.138. The van der Waals surface area contributed by atoms with E-state index in [1.165, 1.54) is 17.0 Å². The number of likely N-dealkylation sites (N-methyl/N-ethyl adjacent to an activating group) is 1. The summed E-state index contributed by atoms with van der Waals surface area (Å²) < 4.78 is 38.6. The molecule has 0 aliphatic rings. The van der Waals surface area contributed by atoms with Gasteiger partial charge < -0.3 is 11.5 Å². The molecule has 0 unspecified atom stereocenters. The molecule has 106 valence electrons. The summed E-state index contributed by atoms with van der Waals surface area (Å²) in [5, 5.41) is 0. The summed E-state index contributed by atoms with van der Waals surface area (Å²) in [7, 11) is 0. The number of alkyl halides is 3. The van der Waals surface area contributed by atoms with Crippen LogP contribution in [0.15, 0.2) is 18.2 Å². The van der Waals surface area contributed by atoms with E-state index in [1.807, 2.05) is 0 Å². The third-order valence-electron chi connectivity index (χ3n) is 2.66. The zero-order chi connectivity index (χ0) is 14.6. The molecule has 1 amide bonds. The van der Waals surface area contributed by atoms with Crippen LogP contribution in [0.2, 0.25) is 0 Å². The molecule has 0 aliphatic carbocycles. The van der Waals surface area contributed by atoms with E-state index in [4.69, 9.17) is 11.5 Å². The second-order valence-corrected chi connectivity index (χ2v) is 4.18. The first-order valence-corrected chi connectivity index (χ1v) is 5.70. The van der Waals surface area contributed by atoms with Gasteiger partial charge in [0.05, 0.1) is 12.1 Å². The van der Waals surface area contributed by atoms with Crippen molar-refractivity contribution >= 4 is 11.6 Å². The summed E-state index contributed by atoms with van der Waals surface area (Å²) in [4.78, 5) is 12.4. The minimum atomic E-state index is -4.48. The molecule has 1 rings (SSSR count). The minimum Gasteiger partial charge on any atom is -0.399 e. The maximum atomic E-state index is 12.9. The number of anilines is 1. The van der Waals surface area contributed by atoms with E-state index in [-0.39, 0.29) is 24.3 Å². The zero-order valence-corrected chi connectivity index (χ0v) is 10.5. The van der Waals surface area contributed by atoms with Crippen molar-refractivity contribution in [2.24, 2.45) is 5.73 Å². The first-order chi connectivity index (χ1) is 8.74. The second-order valence-electron chi connectivity index (χ2n) is 4.18. The van der Waals surface area contributed by atoms with Crippen LogP contribution in [-0.4, -0.2) is 23.9 Å². The number of nitrogen functional groups attached to an aromatic ring is 1. The Hall–Kier alpha value is -1.76. The summed E-state index contributed by atoms with van der Waals surface area (Å²) in [5.41, 5.74) is 9.77. The van der Waals surface area contributed by atoms with Gasteiger partial charge in [-0.15, -0.1) is 0 Å². The van der Waals surface area contributed by atoms with Crippen LogP contribution in [-0.2, 0) is 17.5 Å². The van der Waals surface area contributed by atoms with Gasteiger partial charge in [0.15, 0.2) is 0 Å². The van der Waals surface area contributed by atoms with E-state index in [0.29, 0.717) is 6.54 Å². The number of hydrogen-bond donors (Lipinski definition) is 2. The average molecular weight is 275 g/mol. The highest BCUT2D eigenvalue weighted by Crippen LogP contribution is 2.33. The molecule has 19 heavy (non-hydrogen) atoms. The van der Waals surface area contributed by atoms with Crippen molar-refractivity contribution in [2.75, 3.05) is 18.8 Å². The number of carbonyl (C=O) groups excluding carboxylic acids is 1. The van der Waals surface area contributed by atoms with E-state index in [9.17, 15) is 18.0 Å². The Morgan fingerprint density at radius 1 is 1.37 bits per heavy atom. The molecule has 4 N–H and O–H groups in total. The van der Waals surface area contributed by atoms with Gasteiger partial charge in [-0.05, 0) is 24.2 Å². The number of amides is 1. The monoisotopic (exact) mass is 275 g/mol. The molecule has 0 spiro atoms. The molecule has 7 heteroatoms. The van der Waals surface area contributed by atoms with E-state index in [0.717, 1.165) is 6.07 Å². The van der Waals surface area contributed by atoms with E-state index in [1.54, 1.807) is 6.92 Å². The fourth-order valence-corrected chi connectivity index (χ4v) is 1.74. The van der Waals surface area contributed by atoms with Crippen molar-refractivity contribution < 1.29 is 18.0 Å². The number of benzene rings is 1. The van der Waals surface area contributed by atoms with Gasteiger partial charge in [-0.1, -0.05) is 13.0 Å². The van der Waals surface area contributed by atoms with Crippen LogP contribution in [0.1, 0.15) is 18.1 Å². The highest BCUT2D eigenvalue weighted by Gasteiger charge is 2.33. The Balaban J connectivity index is 3.03. The maximum absolute atomic E-state index is 12.9. The Morgan fingerprint density at radius 2 is 2.00 bits per heavy atom. The van der Waals surface area contributed by atoms with Crippen molar-refractivity contribution in [1.29, 1.82) is 0 Å². The first-order valence-electron chi connectivity index (χ1n) is 5.70. The van der Waals surface area contributed by atoms with Crippen molar-refractivity contribution in [3.05, 3.63) is 29.3 Å². The van der Waals surface area contributed by atoms with Crippen molar-refractivity contribution in [3.63, 3.8) is 0 Å². The molecule has 0 fully saturated rings. The third kappa shape index (κ3) is 4.44. The summed E-state index contributed by atoms with van der Waals surface area (Å²) in [6, 6.07) is 3.62. The Morgan fingerprint density at radius 3 is 2.47 bits per heavy atom. The fraction of sp³-hybridized carbons (Fsp3) is 0.417. The number of hydrogen-bond acceptors (Lipinski definition) is 3. The standard InChI is InChI=1S/C12H16F3N3O/c1-2-18(7-11(17)19)6-8-3-4-9(16)5-10(8)12(13,14)15/h3-5H,2,6-7,16H2,1H3,(H2,17,19). The van der Waals surface area contributed by atoms with E-state index in [2.05, 4.69) is 0 Å². The van der Waals surface area contributed by atoms with Gasteiger partial charge in [-0.2, -0.15) is 13.2 Å². The quantitative estimate of drug-likeness (QED) is 0.802. The molecule has 1 aromatic carbocycles. The third-order valence-corrected chi connectivity index (χ3v) is 2.66. The number of nitrogens with two attached hydrogens (primary N) is 2. The molecule has 0 atom stereocenters. The van der Waals surface area contributed by atoms with Crippen LogP contribution < -0.4 is 11.5 Å². The van der Waals surface area contributed by atoms with Gasteiger partial charge in [0.25, 0.3) is 0 Å². The normalized spacial score (nSPS) is 11.8. The summed E-state index contributed by atoms with van der Waals surface area (Å²) >= 11 is 0. The minimum absolute atomic E-state index is 0.00539. The van der Waals surface area contributed by atoms with Crippen LogP contribution >= 0.6 is 0 Å². The molecule has 0 heterocycles. The van der Waals surface area contributed by atoms with Crippen LogP contribution in [0.3, 0.4) is 0 Å². The van der Waals surface area contributed by atoms with Crippen LogP contribution in [0, 0.1) is 0 Å². The highest BCUT2D eigenvalue weighted by molar-refractivity contribution is 5.75. The van der Waals surface area contributed by atoms with Crippen molar-refractivity contribution in [2.45, 2.75) is 19.6 Å². The number of carbonyl (C=O) groups is 1. The molecule has 1 aromatic rings. The lowest BCUT2D eigenvalue weighted by Crippen LogP contribution is -2.33. The van der Waals surface area contributed by atoms with Crippen LogP contribution in [0.4, 0.5) is 18.9 Å². The Bertz CT molecular complexity index is 460. The number of halogens is 3. The lowest BCUT2D eigenvalue weighted by Gasteiger charge is -2.21. The van der Waals surface area contributed by atoms with Gasteiger partial charge in [0.2, 0.25) is 5.91 Å². The molecule has 0 bridgehead atoms. The second kappa shape index (κ2) is 5.92. The van der Waals surface area contributed by atoms with Gasteiger partial charge in [-0.3, -0.25) is 9.69 Å². The van der Waals surface area contributed by atoms with Gasteiger partial charge in [0, 0.05) is 12.2 Å². The first kappa shape index (κ1) is 15.3. The number of rotatable bonds is 5. The largest absolute Gasteiger partial charge is 0.416 e. The summed E-state index contributed by atoms with van der Waals surface area (Å²) in [6.45, 7) is 2.07. The summed E-state index contributed by atoms with van der Waals surface area (Å²) in [5.74, 6) is -0.578. The number of primary amides is 1. The number of nitrogens with zero attached hydrogens (tertiary/aromatic N) is 1. The molecule has 0 saturated heterocycles. The predicted octanol–water partition coefficient (Wildman–Crippen LogP) is 1.59. The SMILES string of the molecule is CCN(CC(N)=O)Cc1ccc(N)cc1C(F)(F)F.